The van der Waals surface area contributed by atoms with E-state index in [2.05, 4.69) is 107 Å². The minimum Gasteiger partial charge on any atom is -0.491 e. The van der Waals surface area contributed by atoms with Crippen molar-refractivity contribution in [3.05, 3.63) is 59.9 Å². The van der Waals surface area contributed by atoms with Gasteiger partial charge in [-0.25, -0.2) is 9.13 Å². The summed E-state index contributed by atoms with van der Waals surface area (Å²) in [5, 5.41) is 0. The van der Waals surface area contributed by atoms with Crippen molar-refractivity contribution in [1.29, 1.82) is 0 Å². The summed E-state index contributed by atoms with van der Waals surface area (Å²) in [4.78, 5) is 0. The Labute approximate surface area is 194 Å². The van der Waals surface area contributed by atoms with Crippen molar-refractivity contribution < 1.29 is 14.0 Å². The van der Waals surface area contributed by atoms with Crippen LogP contribution in [0.2, 0.25) is 0 Å². The lowest BCUT2D eigenvalue weighted by Crippen LogP contribution is -2.25. The molecule has 4 nitrogen and oxygen atoms in total. The van der Waals surface area contributed by atoms with Crippen LogP contribution < -0.4 is 9.30 Å². The van der Waals surface area contributed by atoms with Gasteiger partial charge in [-0.1, -0.05) is 65.8 Å². The van der Waals surface area contributed by atoms with Crippen LogP contribution in [0.3, 0.4) is 0 Å². The number of nitrogens with zero attached hydrogens (tertiary/aromatic N) is 2. The monoisotopic (exact) mass is 437 g/mol. The van der Waals surface area contributed by atoms with Gasteiger partial charge in [-0.2, -0.15) is 0 Å². The molecule has 0 bridgehead atoms. The van der Waals surface area contributed by atoms with Crippen LogP contribution in [0.15, 0.2) is 48.8 Å². The Hall–Kier alpha value is -2.33. The summed E-state index contributed by atoms with van der Waals surface area (Å²) >= 11 is 0. The number of imidazole rings is 1. The minimum absolute atomic E-state index is 0.0705. The molecule has 1 aromatic heterocycles. The van der Waals surface area contributed by atoms with Crippen LogP contribution in [0.4, 0.5) is 0 Å². The third kappa shape index (κ3) is 5.35. The van der Waals surface area contributed by atoms with Gasteiger partial charge in [0, 0.05) is 5.56 Å². The average molecular weight is 438 g/mol. The zero-order valence-corrected chi connectivity index (χ0v) is 21.1. The molecule has 32 heavy (non-hydrogen) atoms. The molecule has 0 aliphatic heterocycles. The molecule has 1 heterocycles. The molecule has 4 heteroatoms. The van der Waals surface area contributed by atoms with E-state index >= 15 is 0 Å². The Bertz CT molecular complexity index is 1030. The summed E-state index contributed by atoms with van der Waals surface area (Å²) in [5.41, 5.74) is 5.38. The number of ether oxygens (including phenoxy) is 2. The van der Waals surface area contributed by atoms with E-state index in [4.69, 9.17) is 9.47 Å². The molecule has 0 amide bonds. The van der Waals surface area contributed by atoms with Crippen LogP contribution in [-0.4, -0.2) is 24.4 Å². The van der Waals surface area contributed by atoms with E-state index in [1.54, 1.807) is 0 Å². The van der Waals surface area contributed by atoms with E-state index < -0.39 is 0 Å². The first kappa shape index (κ1) is 24.3. The third-order valence-electron chi connectivity index (χ3n) is 7.10. The first-order chi connectivity index (χ1) is 15.2. The van der Waals surface area contributed by atoms with Crippen LogP contribution in [0.5, 0.6) is 5.75 Å². The van der Waals surface area contributed by atoms with Crippen molar-refractivity contribution in [3.63, 3.8) is 0 Å². The lowest BCUT2D eigenvalue weighted by molar-refractivity contribution is -0.645. The average Bonchev–Trinajstić information content (AvgIpc) is 3.11. The van der Waals surface area contributed by atoms with Crippen molar-refractivity contribution in [3.8, 4) is 5.75 Å². The molecule has 0 unspecified atom stereocenters. The van der Waals surface area contributed by atoms with E-state index in [1.165, 1.54) is 22.2 Å². The fraction of sp³-hybridized carbons (Fsp3) is 0.536. The van der Waals surface area contributed by atoms with Gasteiger partial charge >= 0.3 is 0 Å². The Balaban J connectivity index is 1.58. The summed E-state index contributed by atoms with van der Waals surface area (Å²) in [6.07, 6.45) is 4.31. The largest absolute Gasteiger partial charge is 0.491 e. The minimum atomic E-state index is 0.0705. The molecule has 3 rings (SSSR count). The quantitative estimate of drug-likeness (QED) is 0.274. The van der Waals surface area contributed by atoms with E-state index in [-0.39, 0.29) is 10.8 Å². The Morgan fingerprint density at radius 2 is 1.59 bits per heavy atom. The maximum atomic E-state index is 6.22. The lowest BCUT2D eigenvalue weighted by Gasteiger charge is -2.30. The highest BCUT2D eigenvalue weighted by Crippen LogP contribution is 2.38. The summed E-state index contributed by atoms with van der Waals surface area (Å²) in [6, 6.07) is 15.2. The van der Waals surface area contributed by atoms with Gasteiger partial charge in [-0.15, -0.1) is 0 Å². The lowest BCUT2D eigenvalue weighted by atomic mass is 9.76. The summed E-state index contributed by atoms with van der Waals surface area (Å²) in [5.74, 6) is 0.986. The van der Waals surface area contributed by atoms with Gasteiger partial charge in [0.15, 0.2) is 11.0 Å². The molecule has 0 radical (unpaired) electrons. The van der Waals surface area contributed by atoms with Crippen LogP contribution in [0, 0.1) is 0 Å². The van der Waals surface area contributed by atoms with E-state index in [0.717, 1.165) is 25.1 Å². The number of para-hydroxylation sites is 2. The normalized spacial score (nSPS) is 12.5. The van der Waals surface area contributed by atoms with Crippen LogP contribution in [0.1, 0.15) is 65.5 Å². The molecule has 0 saturated carbocycles. The van der Waals surface area contributed by atoms with Gasteiger partial charge in [0.2, 0.25) is 6.33 Å². The Morgan fingerprint density at radius 1 is 0.875 bits per heavy atom. The SMILES string of the molecule is CCC(C)(C)c1ccc(OCCOCCn2c[n+](C)c3ccccc32)c(C(C)(C)CC)c1. The molecule has 0 aliphatic carbocycles. The van der Waals surface area contributed by atoms with Crippen molar-refractivity contribution in [1.82, 2.24) is 4.57 Å². The first-order valence-electron chi connectivity index (χ1n) is 12.0. The van der Waals surface area contributed by atoms with Crippen molar-refractivity contribution in [2.24, 2.45) is 7.05 Å². The highest BCUT2D eigenvalue weighted by molar-refractivity contribution is 5.71. The standard InChI is InChI=1S/C28H41N2O2/c1-8-27(3,4)22-14-15-26(23(20-22)28(5,6)9-2)32-19-18-31-17-16-30-21-29(7)24-12-10-11-13-25(24)30/h10-15,20-21H,8-9,16-19H2,1-7H3/q+1. The van der Waals surface area contributed by atoms with Gasteiger partial charge in [-0.05, 0) is 47.4 Å². The number of aryl methyl sites for hydroxylation is 1. The molecule has 0 aliphatic rings. The maximum absolute atomic E-state index is 6.22. The number of fused-ring (bicyclic) bond motifs is 1. The second-order valence-corrected chi connectivity index (χ2v) is 10.1. The maximum Gasteiger partial charge on any atom is 0.244 e. The fourth-order valence-electron chi connectivity index (χ4n) is 3.99. The van der Waals surface area contributed by atoms with Crippen LogP contribution >= 0.6 is 0 Å². The van der Waals surface area contributed by atoms with E-state index in [1.807, 2.05) is 0 Å². The van der Waals surface area contributed by atoms with Gasteiger partial charge < -0.3 is 9.47 Å². The highest BCUT2D eigenvalue weighted by atomic mass is 16.5. The van der Waals surface area contributed by atoms with Crippen LogP contribution in [-0.2, 0) is 29.2 Å². The smallest absolute Gasteiger partial charge is 0.244 e. The zero-order valence-electron chi connectivity index (χ0n) is 21.1. The first-order valence-corrected chi connectivity index (χ1v) is 12.0. The Kier molecular flexibility index (Phi) is 7.66. The highest BCUT2D eigenvalue weighted by Gasteiger charge is 2.26. The fourth-order valence-corrected chi connectivity index (χ4v) is 3.99. The molecule has 0 atom stereocenters. The molecule has 2 aromatic carbocycles. The van der Waals surface area contributed by atoms with E-state index in [0.29, 0.717) is 19.8 Å². The second-order valence-electron chi connectivity index (χ2n) is 10.1. The van der Waals surface area contributed by atoms with Gasteiger partial charge in [0.05, 0.1) is 20.3 Å². The summed E-state index contributed by atoms with van der Waals surface area (Å²) < 4.78 is 16.5. The molecule has 0 saturated heterocycles. The molecule has 174 valence electrons. The van der Waals surface area contributed by atoms with E-state index in [9.17, 15) is 0 Å². The predicted molar refractivity (Wildman–Crippen MR) is 133 cm³/mol. The molecule has 0 fully saturated rings. The zero-order chi connectivity index (χ0) is 23.4. The molecule has 0 spiro atoms. The number of hydrogen-bond donors (Lipinski definition) is 0. The van der Waals surface area contributed by atoms with Crippen LogP contribution in [0.25, 0.3) is 11.0 Å². The number of rotatable bonds is 11. The summed E-state index contributed by atoms with van der Waals surface area (Å²) in [7, 11) is 2.08. The second kappa shape index (κ2) is 10.1. The van der Waals surface area contributed by atoms with Gasteiger partial charge in [0.1, 0.15) is 18.9 Å². The molecular formula is C28H41N2O2+. The molecule has 0 N–H and O–H groups in total. The van der Waals surface area contributed by atoms with Gasteiger partial charge in [-0.3, -0.25) is 0 Å². The third-order valence-corrected chi connectivity index (χ3v) is 7.10. The number of aromatic nitrogens is 2. The van der Waals surface area contributed by atoms with Gasteiger partial charge in [0.25, 0.3) is 0 Å². The topological polar surface area (TPSA) is 27.3 Å². The molecule has 3 aromatic rings. The molecular weight excluding hydrogens is 396 g/mol. The van der Waals surface area contributed by atoms with Crippen molar-refractivity contribution in [2.75, 3.05) is 19.8 Å². The predicted octanol–water partition coefficient (Wildman–Crippen LogP) is 5.94. The summed E-state index contributed by atoms with van der Waals surface area (Å²) in [6.45, 7) is 16.4. The Morgan fingerprint density at radius 3 is 2.31 bits per heavy atom. The van der Waals surface area contributed by atoms with Crippen molar-refractivity contribution >= 4 is 11.0 Å². The number of hydrogen-bond acceptors (Lipinski definition) is 2. The number of benzene rings is 2. The van der Waals surface area contributed by atoms with Crippen molar-refractivity contribution in [2.45, 2.75) is 71.8 Å².